The van der Waals surface area contributed by atoms with Crippen molar-refractivity contribution in [2.24, 2.45) is 29.6 Å². The van der Waals surface area contributed by atoms with Gasteiger partial charge in [-0.25, -0.2) is 4.39 Å². The third-order valence-electron chi connectivity index (χ3n) is 13.8. The monoisotopic (exact) mass is 718 g/mol. The van der Waals surface area contributed by atoms with Gasteiger partial charge in [-0.2, -0.15) is 0 Å². The van der Waals surface area contributed by atoms with Crippen molar-refractivity contribution in [3.63, 3.8) is 0 Å². The second-order valence-electron chi connectivity index (χ2n) is 16.5. The first-order chi connectivity index (χ1) is 24.5. The Labute approximate surface area is 306 Å². The number of ether oxygens (including phenoxy) is 2. The minimum Gasteiger partial charge on any atom is -0.490 e. The summed E-state index contributed by atoms with van der Waals surface area (Å²) >= 11 is 6.31. The van der Waals surface area contributed by atoms with E-state index in [1.165, 1.54) is 5.57 Å². The molecule has 1 saturated heterocycles. The topological polar surface area (TPSA) is 74.4 Å². The molecule has 0 aromatic heterocycles. The number of fused-ring (bicyclic) bond motifs is 6. The average molecular weight is 719 g/mol. The summed E-state index contributed by atoms with van der Waals surface area (Å²) in [5.41, 5.74) is 3.65. The van der Waals surface area contributed by atoms with E-state index in [0.29, 0.717) is 68.1 Å². The van der Waals surface area contributed by atoms with Gasteiger partial charge in [-0.1, -0.05) is 37.6 Å². The normalized spacial score (nSPS) is 33.9. The van der Waals surface area contributed by atoms with Crippen molar-refractivity contribution in [1.29, 1.82) is 0 Å². The molecule has 4 aliphatic heterocycles. The van der Waals surface area contributed by atoms with Gasteiger partial charge in [0.25, 0.3) is 5.91 Å². The van der Waals surface area contributed by atoms with Crippen LogP contribution >= 0.6 is 11.6 Å². The van der Waals surface area contributed by atoms with E-state index in [1.54, 1.807) is 6.07 Å². The van der Waals surface area contributed by atoms with E-state index >= 15 is 4.39 Å². The zero-order valence-corrected chi connectivity index (χ0v) is 31.2. The first-order valence-electron chi connectivity index (χ1n) is 19.0. The summed E-state index contributed by atoms with van der Waals surface area (Å²) in [5.74, 6) is 2.18. The van der Waals surface area contributed by atoms with Crippen molar-refractivity contribution in [1.82, 2.24) is 15.1 Å². The number of amides is 2. The fourth-order valence-corrected chi connectivity index (χ4v) is 10.3. The molecule has 4 bridgehead atoms. The minimum absolute atomic E-state index is 0.0749. The molecule has 1 spiro atoms. The lowest BCUT2D eigenvalue weighted by molar-refractivity contribution is -0.140. The summed E-state index contributed by atoms with van der Waals surface area (Å²) < 4.78 is 29.0. The van der Waals surface area contributed by atoms with Crippen molar-refractivity contribution in [2.45, 2.75) is 63.4 Å². The number of carbonyl (C=O) groups excluding carboxylic acids is 2. The minimum atomic E-state index is -0.494. The predicted octanol–water partition coefficient (Wildman–Crippen LogP) is 6.10. The third kappa shape index (κ3) is 5.95. The molecule has 2 aromatic rings. The molecule has 7 atom stereocenters. The highest BCUT2D eigenvalue weighted by molar-refractivity contribution is 6.30. The Morgan fingerprint density at radius 3 is 2.71 bits per heavy atom. The van der Waals surface area contributed by atoms with Gasteiger partial charge in [0.15, 0.2) is 0 Å². The molecule has 1 N–H and O–H groups in total. The first kappa shape index (κ1) is 34.9. The van der Waals surface area contributed by atoms with Crippen LogP contribution in [-0.4, -0.2) is 93.8 Å². The van der Waals surface area contributed by atoms with Crippen molar-refractivity contribution in [3.05, 3.63) is 69.5 Å². The standard InChI is InChI=1S/C41H52ClFN4O4/c1-25-19-44-39(49)27-8-12-36-35(18-27)47(22-40(24-51-36)13-5-6-31-33(40)10-11-34(42)38(31)43)20-28-7-9-32(28)41(50-4,30-16-29(17-30)26(25)2)23-46-15-14-45(3)37(48)21-46/h8,10-12,16,18,25-26,28-29,32H,5-7,9,13-15,17,19-24H2,1-4H3,(H,44,49)/t25-,26+,28-,29-,32+,40-,41-/m0/s1. The maximum Gasteiger partial charge on any atom is 0.251 e. The maximum atomic E-state index is 15.6. The van der Waals surface area contributed by atoms with E-state index < -0.39 is 11.0 Å². The maximum absolute atomic E-state index is 15.6. The number of nitrogens with zero attached hydrogens (tertiary/aromatic N) is 3. The molecule has 0 unspecified atom stereocenters. The van der Waals surface area contributed by atoms with Crippen LogP contribution < -0.4 is 15.0 Å². The molecule has 51 heavy (non-hydrogen) atoms. The molecule has 10 heteroatoms. The van der Waals surface area contributed by atoms with Crippen LogP contribution in [-0.2, 0) is 21.4 Å². The number of carbonyl (C=O) groups is 2. The highest BCUT2D eigenvalue weighted by atomic mass is 35.5. The number of rotatable bonds is 3. The summed E-state index contributed by atoms with van der Waals surface area (Å²) in [6.07, 6.45) is 7.90. The SMILES string of the molecule is CO[C@@]1(CN2CCN(C)C(=O)C2)C2=C[C@@H](C2)[C@H](C)[C@@H](C)CNC(=O)c2ccc3c(c2)N(C[C@@H]2CC[C@H]21)C[C@@]1(CCCc2c1ccc(Cl)c2F)CO3. The molecular weight excluding hydrogens is 667 g/mol. The first-order valence-corrected chi connectivity index (χ1v) is 19.4. The summed E-state index contributed by atoms with van der Waals surface area (Å²) in [7, 11) is 3.76. The predicted molar refractivity (Wildman–Crippen MR) is 197 cm³/mol. The Morgan fingerprint density at radius 1 is 1.14 bits per heavy atom. The lowest BCUT2D eigenvalue weighted by Gasteiger charge is -2.56. The number of allylic oxidation sites excluding steroid dienone is 1. The van der Waals surface area contributed by atoms with Crippen LogP contribution in [0.3, 0.4) is 0 Å². The number of hydrogen-bond acceptors (Lipinski definition) is 6. The van der Waals surface area contributed by atoms with Gasteiger partial charge in [0.2, 0.25) is 5.91 Å². The quantitative estimate of drug-likeness (QED) is 0.387. The molecule has 1 saturated carbocycles. The molecule has 9 rings (SSSR count). The van der Waals surface area contributed by atoms with Gasteiger partial charge in [-0.15, -0.1) is 0 Å². The number of likely N-dealkylation sites (N-methyl/N-ethyl adjacent to an activating group) is 1. The summed E-state index contributed by atoms with van der Waals surface area (Å²) in [5, 5.41) is 3.40. The van der Waals surface area contributed by atoms with Crippen LogP contribution in [0.1, 0.15) is 67.4 Å². The number of halogens is 2. The zero-order chi connectivity index (χ0) is 35.7. The molecule has 7 aliphatic rings. The third-order valence-corrected chi connectivity index (χ3v) is 14.1. The van der Waals surface area contributed by atoms with Crippen LogP contribution in [0.4, 0.5) is 10.1 Å². The van der Waals surface area contributed by atoms with Gasteiger partial charge < -0.3 is 24.6 Å². The van der Waals surface area contributed by atoms with Crippen LogP contribution in [0.15, 0.2) is 42.0 Å². The van der Waals surface area contributed by atoms with Crippen LogP contribution in [0.2, 0.25) is 5.02 Å². The van der Waals surface area contributed by atoms with Gasteiger partial charge in [-0.05, 0) is 109 Å². The van der Waals surface area contributed by atoms with Gasteiger partial charge in [-0.3, -0.25) is 14.5 Å². The van der Waals surface area contributed by atoms with Gasteiger partial charge >= 0.3 is 0 Å². The molecular formula is C41H52ClFN4O4. The Morgan fingerprint density at radius 2 is 1.96 bits per heavy atom. The van der Waals surface area contributed by atoms with Gasteiger partial charge in [0, 0.05) is 64.4 Å². The van der Waals surface area contributed by atoms with E-state index in [0.717, 1.165) is 68.7 Å². The van der Waals surface area contributed by atoms with E-state index in [1.807, 2.05) is 43.3 Å². The second-order valence-corrected chi connectivity index (χ2v) is 17.0. The zero-order valence-electron chi connectivity index (χ0n) is 30.5. The van der Waals surface area contributed by atoms with Crippen LogP contribution in [0.5, 0.6) is 5.75 Å². The Hall–Kier alpha value is -3.14. The van der Waals surface area contributed by atoms with Crippen LogP contribution in [0.25, 0.3) is 0 Å². The van der Waals surface area contributed by atoms with Gasteiger partial charge in [0.1, 0.15) is 17.2 Å². The van der Waals surface area contributed by atoms with E-state index in [-0.39, 0.29) is 34.5 Å². The smallest absolute Gasteiger partial charge is 0.251 e. The van der Waals surface area contributed by atoms with E-state index in [9.17, 15) is 9.59 Å². The molecule has 0 radical (unpaired) electrons. The molecule has 274 valence electrons. The molecule has 3 aliphatic carbocycles. The average Bonchev–Trinajstić information content (AvgIpc) is 3.24. The summed E-state index contributed by atoms with van der Waals surface area (Å²) in [4.78, 5) is 33.1. The molecule has 2 amide bonds. The summed E-state index contributed by atoms with van der Waals surface area (Å²) in [6.45, 7) is 9.61. The molecule has 8 nitrogen and oxygen atoms in total. The Bertz CT molecular complexity index is 1750. The fourth-order valence-electron chi connectivity index (χ4n) is 10.1. The molecule has 2 aromatic carbocycles. The van der Waals surface area contributed by atoms with E-state index in [2.05, 4.69) is 35.0 Å². The number of anilines is 1. The number of nitrogens with one attached hydrogen (secondary N) is 1. The summed E-state index contributed by atoms with van der Waals surface area (Å²) in [6, 6.07) is 9.52. The van der Waals surface area contributed by atoms with Crippen molar-refractivity contribution in [2.75, 3.05) is 71.5 Å². The Kier molecular flexibility index (Phi) is 9.15. The largest absolute Gasteiger partial charge is 0.490 e. The van der Waals surface area contributed by atoms with Gasteiger partial charge in [0.05, 0.1) is 23.9 Å². The molecule has 2 fully saturated rings. The number of piperazine rings is 1. The van der Waals surface area contributed by atoms with Crippen LogP contribution in [0, 0.1) is 35.4 Å². The Balaban J connectivity index is 1.20. The lowest BCUT2D eigenvalue weighted by Crippen LogP contribution is -2.62. The number of methoxy groups -OCH3 is 1. The second kappa shape index (κ2) is 13.4. The van der Waals surface area contributed by atoms with Crippen molar-refractivity contribution >= 4 is 29.1 Å². The fraction of sp³-hybridized carbons (Fsp3) is 0.610. The highest BCUT2D eigenvalue weighted by Gasteiger charge is 2.54. The van der Waals surface area contributed by atoms with Crippen molar-refractivity contribution in [3.8, 4) is 5.75 Å². The van der Waals surface area contributed by atoms with Crippen molar-refractivity contribution < 1.29 is 23.5 Å². The lowest BCUT2D eigenvalue weighted by atomic mass is 9.57. The van der Waals surface area contributed by atoms with E-state index in [4.69, 9.17) is 21.1 Å². The number of benzene rings is 2. The molecule has 4 heterocycles. The number of hydrogen-bond donors (Lipinski definition) is 1. The highest BCUT2D eigenvalue weighted by Crippen LogP contribution is 2.54.